The number of likely N-dealkylation sites (N-methyl/N-ethyl adjacent to an activating group) is 1. The van der Waals surface area contributed by atoms with Gasteiger partial charge in [0.05, 0.1) is 24.4 Å². The largest absolute Gasteiger partial charge is 0.392 e. The zero-order chi connectivity index (χ0) is 42.7. The van der Waals surface area contributed by atoms with Crippen molar-refractivity contribution < 1.29 is 20.4 Å². The van der Waals surface area contributed by atoms with E-state index in [0.29, 0.717) is 26.2 Å². The Kier molecular flexibility index (Phi) is 44.5. The molecule has 0 rings (SSSR count). The highest BCUT2D eigenvalue weighted by Crippen LogP contribution is 2.16. The van der Waals surface area contributed by atoms with Gasteiger partial charge in [-0.2, -0.15) is 0 Å². The van der Waals surface area contributed by atoms with Crippen LogP contribution < -0.4 is 0 Å². The fourth-order valence-corrected chi connectivity index (χ4v) is 8.45. The lowest BCUT2D eigenvalue weighted by molar-refractivity contribution is 0.0503. The van der Waals surface area contributed by atoms with E-state index in [1.54, 1.807) is 0 Å². The van der Waals surface area contributed by atoms with Crippen molar-refractivity contribution >= 4 is 0 Å². The van der Waals surface area contributed by atoms with Crippen LogP contribution in [0.1, 0.15) is 246 Å². The van der Waals surface area contributed by atoms with E-state index in [1.165, 1.54) is 173 Å². The van der Waals surface area contributed by atoms with Crippen molar-refractivity contribution in [2.45, 2.75) is 270 Å². The van der Waals surface area contributed by atoms with Gasteiger partial charge in [0.25, 0.3) is 0 Å². The number of unbranched alkanes of at least 4 members (excludes halogenated alkanes) is 27. The molecule has 0 saturated carbocycles. The molecule has 4 unspecified atom stereocenters. The first-order valence-corrected chi connectivity index (χ1v) is 26.1. The molecular weight excluding hydrogens is 719 g/mol. The summed E-state index contributed by atoms with van der Waals surface area (Å²) in [5.74, 6) is 0. The molecule has 0 spiro atoms. The van der Waals surface area contributed by atoms with Gasteiger partial charge in [-0.05, 0) is 32.7 Å². The fourth-order valence-electron chi connectivity index (χ4n) is 8.45. The maximum absolute atomic E-state index is 11.1. The highest BCUT2D eigenvalue weighted by atomic mass is 16.3. The van der Waals surface area contributed by atoms with E-state index >= 15 is 0 Å². The van der Waals surface area contributed by atoms with Gasteiger partial charge in [0.15, 0.2) is 0 Å². The quantitative estimate of drug-likeness (QED) is 0.0454. The second kappa shape index (κ2) is 44.8. The lowest BCUT2D eigenvalue weighted by atomic mass is 10.0. The monoisotopic (exact) mass is 826 g/mol. The second-order valence-electron chi connectivity index (χ2n) is 18.8. The van der Waals surface area contributed by atoms with E-state index in [0.717, 1.165) is 71.1 Å². The number of aliphatic hydroxyl groups is 4. The van der Waals surface area contributed by atoms with E-state index < -0.39 is 0 Å². The van der Waals surface area contributed by atoms with Crippen molar-refractivity contribution in [3.05, 3.63) is 0 Å². The highest BCUT2D eigenvalue weighted by molar-refractivity contribution is 4.74. The standard InChI is InChI=1S/C51H107N3O4/c1-6-10-13-16-19-22-25-28-31-34-37-49(56)45-53(44-48(55)9-4)42-40-52(5)41-43-54(46-50(57)38-35-32-29-26-23-20-17-14-11-7-2)47-51(58)39-36-33-30-27-24-21-18-15-12-8-3/h48-51,55-58H,6-47H2,1-5H3. The molecule has 0 aromatic rings. The lowest BCUT2D eigenvalue weighted by Gasteiger charge is -2.31. The van der Waals surface area contributed by atoms with E-state index in [4.69, 9.17) is 0 Å². The molecule has 0 aromatic heterocycles. The molecule has 0 radical (unpaired) electrons. The SMILES string of the molecule is CCCCCCCCCCCCC(O)CN(CCN(C)CCN(CC(O)CCCCCCCCCCCC)CC(O)CCCCCCCCCCCC)CC(O)CC. The predicted molar refractivity (Wildman–Crippen MR) is 254 cm³/mol. The van der Waals surface area contributed by atoms with Gasteiger partial charge in [0.2, 0.25) is 0 Å². The Hall–Kier alpha value is -0.280. The molecule has 4 N–H and O–H groups in total. The van der Waals surface area contributed by atoms with Gasteiger partial charge in [-0.1, -0.05) is 220 Å². The molecule has 58 heavy (non-hydrogen) atoms. The van der Waals surface area contributed by atoms with Crippen LogP contribution >= 0.6 is 0 Å². The van der Waals surface area contributed by atoms with Crippen molar-refractivity contribution in [1.29, 1.82) is 0 Å². The van der Waals surface area contributed by atoms with Gasteiger partial charge in [-0.15, -0.1) is 0 Å². The van der Waals surface area contributed by atoms with Gasteiger partial charge in [-0.25, -0.2) is 0 Å². The smallest absolute Gasteiger partial charge is 0.0667 e. The average Bonchev–Trinajstić information content (AvgIpc) is 3.21. The molecule has 0 bridgehead atoms. The molecule has 7 nitrogen and oxygen atoms in total. The summed E-state index contributed by atoms with van der Waals surface area (Å²) in [5, 5.41) is 43.7. The Morgan fingerprint density at radius 3 is 0.759 bits per heavy atom. The van der Waals surface area contributed by atoms with Gasteiger partial charge >= 0.3 is 0 Å². The normalized spacial score (nSPS) is 14.3. The van der Waals surface area contributed by atoms with Gasteiger partial charge in [-0.3, -0.25) is 9.80 Å². The third-order valence-electron chi connectivity index (χ3n) is 12.6. The Balaban J connectivity index is 4.82. The molecule has 0 heterocycles. The third-order valence-corrected chi connectivity index (χ3v) is 12.6. The van der Waals surface area contributed by atoms with Crippen molar-refractivity contribution in [3.8, 4) is 0 Å². The molecule has 0 fully saturated rings. The highest BCUT2D eigenvalue weighted by Gasteiger charge is 2.19. The van der Waals surface area contributed by atoms with Crippen LogP contribution in [0.25, 0.3) is 0 Å². The first-order chi connectivity index (χ1) is 28.2. The zero-order valence-corrected chi connectivity index (χ0v) is 40.1. The predicted octanol–water partition coefficient (Wildman–Crippen LogP) is 12.3. The lowest BCUT2D eigenvalue weighted by Crippen LogP contribution is -2.44. The summed E-state index contributed by atoms with van der Waals surface area (Å²) in [5.41, 5.74) is 0. The molecule has 0 aliphatic rings. The van der Waals surface area contributed by atoms with Crippen molar-refractivity contribution in [1.82, 2.24) is 14.7 Å². The first-order valence-electron chi connectivity index (χ1n) is 26.1. The molecule has 0 amide bonds. The van der Waals surface area contributed by atoms with E-state index in [9.17, 15) is 20.4 Å². The number of hydrogen-bond acceptors (Lipinski definition) is 7. The van der Waals surface area contributed by atoms with Crippen LogP contribution in [0.15, 0.2) is 0 Å². The topological polar surface area (TPSA) is 90.6 Å². The Morgan fingerprint density at radius 2 is 0.517 bits per heavy atom. The molecule has 350 valence electrons. The second-order valence-corrected chi connectivity index (χ2v) is 18.8. The average molecular weight is 826 g/mol. The van der Waals surface area contributed by atoms with Crippen molar-refractivity contribution in [2.75, 3.05) is 59.4 Å². The molecule has 0 aromatic carbocycles. The maximum atomic E-state index is 11.1. The summed E-state index contributed by atoms with van der Waals surface area (Å²) >= 11 is 0. The molecule has 0 aliphatic carbocycles. The van der Waals surface area contributed by atoms with E-state index in [-0.39, 0.29) is 24.4 Å². The van der Waals surface area contributed by atoms with Crippen LogP contribution in [0.4, 0.5) is 0 Å². The molecule has 0 saturated heterocycles. The minimum Gasteiger partial charge on any atom is -0.392 e. The minimum absolute atomic E-state index is 0.354. The summed E-state index contributed by atoms with van der Waals surface area (Å²) in [6.45, 7) is 14.7. The third kappa shape index (κ3) is 41.1. The van der Waals surface area contributed by atoms with Crippen molar-refractivity contribution in [2.24, 2.45) is 0 Å². The summed E-state index contributed by atoms with van der Waals surface area (Å²) in [7, 11) is 2.16. The Bertz CT molecular complexity index is 759. The van der Waals surface area contributed by atoms with Crippen LogP contribution in [-0.2, 0) is 0 Å². The van der Waals surface area contributed by atoms with Gasteiger partial charge in [0, 0.05) is 52.4 Å². The Morgan fingerprint density at radius 1 is 0.293 bits per heavy atom. The van der Waals surface area contributed by atoms with E-state index in [1.807, 2.05) is 6.92 Å². The number of rotatable bonds is 48. The molecule has 4 atom stereocenters. The summed E-state index contributed by atoms with van der Waals surface area (Å²) < 4.78 is 0. The number of hydrogen-bond donors (Lipinski definition) is 4. The number of aliphatic hydroxyl groups excluding tert-OH is 4. The number of nitrogens with zero attached hydrogens (tertiary/aromatic N) is 3. The fraction of sp³-hybridized carbons (Fsp3) is 1.00. The summed E-state index contributed by atoms with van der Waals surface area (Å²) in [6.07, 6.45) is 40.9. The van der Waals surface area contributed by atoms with Gasteiger partial charge in [0.1, 0.15) is 0 Å². The van der Waals surface area contributed by atoms with Crippen LogP contribution in [0.2, 0.25) is 0 Å². The molecular formula is C51H107N3O4. The zero-order valence-electron chi connectivity index (χ0n) is 40.1. The molecule has 7 heteroatoms. The Labute approximate surface area is 363 Å². The van der Waals surface area contributed by atoms with Crippen molar-refractivity contribution in [3.63, 3.8) is 0 Å². The first kappa shape index (κ1) is 57.7. The van der Waals surface area contributed by atoms with Crippen LogP contribution in [0.5, 0.6) is 0 Å². The maximum Gasteiger partial charge on any atom is 0.0667 e. The van der Waals surface area contributed by atoms with Crippen LogP contribution in [0.3, 0.4) is 0 Å². The molecule has 0 aliphatic heterocycles. The summed E-state index contributed by atoms with van der Waals surface area (Å²) in [6, 6.07) is 0. The minimum atomic E-state index is -0.376. The summed E-state index contributed by atoms with van der Waals surface area (Å²) in [4.78, 5) is 6.92. The van der Waals surface area contributed by atoms with Crippen LogP contribution in [-0.4, -0.2) is 119 Å². The van der Waals surface area contributed by atoms with E-state index in [2.05, 4.69) is 42.5 Å². The van der Waals surface area contributed by atoms with Crippen LogP contribution in [0, 0.1) is 0 Å². The van der Waals surface area contributed by atoms with Gasteiger partial charge < -0.3 is 25.3 Å².